The van der Waals surface area contributed by atoms with Crippen LogP contribution in [0, 0.1) is 0 Å². The van der Waals surface area contributed by atoms with Crippen LogP contribution in [0.2, 0.25) is 0 Å². The Bertz CT molecular complexity index is 534. The first kappa shape index (κ1) is 13.3. The molecule has 1 aliphatic carbocycles. The standard InChI is InChI=1S/C16H21N3O/c20-9-8-18(11-14-4-2-1-3-5-14)12-16-10-17-13-19(16)15-6-7-15/h1-5,10,13,15,20H,6-9,11-12H2. The summed E-state index contributed by atoms with van der Waals surface area (Å²) in [7, 11) is 0. The molecule has 4 heteroatoms. The summed E-state index contributed by atoms with van der Waals surface area (Å²) in [4.78, 5) is 6.55. The summed E-state index contributed by atoms with van der Waals surface area (Å²) in [6.07, 6.45) is 6.42. The van der Waals surface area contributed by atoms with E-state index < -0.39 is 0 Å². The van der Waals surface area contributed by atoms with Crippen LogP contribution in [0.15, 0.2) is 42.9 Å². The highest BCUT2D eigenvalue weighted by Crippen LogP contribution is 2.35. The molecule has 106 valence electrons. The lowest BCUT2D eigenvalue weighted by Crippen LogP contribution is -2.27. The number of imidazole rings is 1. The number of aliphatic hydroxyl groups is 1. The molecule has 1 aromatic carbocycles. The second-order valence-corrected chi connectivity index (χ2v) is 5.44. The van der Waals surface area contributed by atoms with Crippen LogP contribution in [0.5, 0.6) is 0 Å². The van der Waals surface area contributed by atoms with Crippen molar-refractivity contribution in [2.24, 2.45) is 0 Å². The molecule has 4 nitrogen and oxygen atoms in total. The molecule has 1 fully saturated rings. The van der Waals surface area contributed by atoms with Crippen LogP contribution in [-0.2, 0) is 13.1 Å². The molecule has 20 heavy (non-hydrogen) atoms. The molecule has 0 saturated heterocycles. The van der Waals surface area contributed by atoms with Crippen LogP contribution in [-0.4, -0.2) is 32.7 Å². The Morgan fingerprint density at radius 3 is 2.70 bits per heavy atom. The summed E-state index contributed by atoms with van der Waals surface area (Å²) >= 11 is 0. The summed E-state index contributed by atoms with van der Waals surface area (Å²) in [5, 5.41) is 9.27. The third kappa shape index (κ3) is 3.26. The normalized spacial score (nSPS) is 14.9. The van der Waals surface area contributed by atoms with Gasteiger partial charge in [0.1, 0.15) is 0 Å². The van der Waals surface area contributed by atoms with Crippen molar-refractivity contribution >= 4 is 0 Å². The van der Waals surface area contributed by atoms with Gasteiger partial charge in [0.2, 0.25) is 0 Å². The first-order valence-corrected chi connectivity index (χ1v) is 7.24. The van der Waals surface area contributed by atoms with E-state index in [-0.39, 0.29) is 6.61 Å². The number of nitrogens with zero attached hydrogens (tertiary/aromatic N) is 3. The fraction of sp³-hybridized carbons (Fsp3) is 0.438. The van der Waals surface area contributed by atoms with Crippen LogP contribution in [0.1, 0.15) is 30.1 Å². The molecule has 0 spiro atoms. The summed E-state index contributed by atoms with van der Waals surface area (Å²) in [5.74, 6) is 0. The molecule has 3 rings (SSSR count). The Labute approximate surface area is 119 Å². The maximum Gasteiger partial charge on any atom is 0.0951 e. The Hall–Kier alpha value is -1.65. The minimum absolute atomic E-state index is 0.185. The number of hydrogen-bond donors (Lipinski definition) is 1. The fourth-order valence-electron chi connectivity index (χ4n) is 2.56. The van der Waals surface area contributed by atoms with Gasteiger partial charge in [0.05, 0.1) is 18.6 Å². The van der Waals surface area contributed by atoms with E-state index in [0.29, 0.717) is 12.6 Å². The molecule has 1 heterocycles. The minimum atomic E-state index is 0.185. The number of aliphatic hydroxyl groups excluding tert-OH is 1. The highest BCUT2D eigenvalue weighted by atomic mass is 16.3. The average molecular weight is 271 g/mol. The van der Waals surface area contributed by atoms with Crippen LogP contribution >= 0.6 is 0 Å². The molecule has 1 aliphatic rings. The molecule has 0 radical (unpaired) electrons. The molecule has 0 bridgehead atoms. The smallest absolute Gasteiger partial charge is 0.0951 e. The van der Waals surface area contributed by atoms with E-state index in [1.54, 1.807) is 0 Å². The lowest BCUT2D eigenvalue weighted by atomic mass is 10.2. The predicted octanol–water partition coefficient (Wildman–Crippen LogP) is 2.21. The van der Waals surface area contributed by atoms with Gasteiger partial charge in [-0.3, -0.25) is 4.90 Å². The lowest BCUT2D eigenvalue weighted by Gasteiger charge is -2.22. The average Bonchev–Trinajstić information content (AvgIpc) is 3.21. The van der Waals surface area contributed by atoms with Crippen LogP contribution in [0.3, 0.4) is 0 Å². The number of hydrogen-bond acceptors (Lipinski definition) is 3. The van der Waals surface area contributed by atoms with E-state index in [2.05, 4.69) is 38.7 Å². The SMILES string of the molecule is OCCN(Cc1ccccc1)Cc1cncn1C1CC1. The van der Waals surface area contributed by atoms with Crippen LogP contribution in [0.4, 0.5) is 0 Å². The van der Waals surface area contributed by atoms with Gasteiger partial charge in [0, 0.05) is 31.9 Å². The zero-order valence-electron chi connectivity index (χ0n) is 11.7. The van der Waals surface area contributed by atoms with Crippen molar-refractivity contribution in [3.05, 3.63) is 54.1 Å². The zero-order chi connectivity index (χ0) is 13.8. The second kappa shape index (κ2) is 6.20. The molecular formula is C16H21N3O. The van der Waals surface area contributed by atoms with E-state index in [1.807, 2.05) is 18.6 Å². The van der Waals surface area contributed by atoms with Crippen LogP contribution in [0.25, 0.3) is 0 Å². The maximum atomic E-state index is 9.27. The van der Waals surface area contributed by atoms with Crippen molar-refractivity contribution in [2.75, 3.05) is 13.2 Å². The number of aromatic nitrogens is 2. The van der Waals surface area contributed by atoms with E-state index in [0.717, 1.165) is 13.1 Å². The molecular weight excluding hydrogens is 250 g/mol. The Morgan fingerprint density at radius 2 is 2.00 bits per heavy atom. The molecule has 1 aromatic heterocycles. The first-order valence-electron chi connectivity index (χ1n) is 7.24. The highest BCUT2D eigenvalue weighted by molar-refractivity contribution is 5.14. The Balaban J connectivity index is 1.68. The van der Waals surface area contributed by atoms with E-state index in [1.165, 1.54) is 24.1 Å². The van der Waals surface area contributed by atoms with Crippen LogP contribution < -0.4 is 0 Å². The fourth-order valence-corrected chi connectivity index (χ4v) is 2.56. The van der Waals surface area contributed by atoms with E-state index in [9.17, 15) is 5.11 Å². The molecule has 0 amide bonds. The first-order chi connectivity index (χ1) is 9.86. The van der Waals surface area contributed by atoms with Crippen molar-refractivity contribution < 1.29 is 5.11 Å². The summed E-state index contributed by atoms with van der Waals surface area (Å²) in [6.45, 7) is 2.57. The topological polar surface area (TPSA) is 41.3 Å². The van der Waals surface area contributed by atoms with Gasteiger partial charge in [0.25, 0.3) is 0 Å². The predicted molar refractivity (Wildman–Crippen MR) is 78.1 cm³/mol. The van der Waals surface area contributed by atoms with Crippen molar-refractivity contribution in [3.8, 4) is 0 Å². The quantitative estimate of drug-likeness (QED) is 0.839. The molecule has 0 aliphatic heterocycles. The molecule has 2 aromatic rings. The Kier molecular flexibility index (Phi) is 4.14. The molecule has 0 atom stereocenters. The third-order valence-electron chi connectivity index (χ3n) is 3.74. The maximum absolute atomic E-state index is 9.27. The largest absolute Gasteiger partial charge is 0.395 e. The van der Waals surface area contributed by atoms with Gasteiger partial charge in [-0.15, -0.1) is 0 Å². The Morgan fingerprint density at radius 1 is 1.20 bits per heavy atom. The molecule has 1 saturated carbocycles. The minimum Gasteiger partial charge on any atom is -0.395 e. The van der Waals surface area contributed by atoms with Gasteiger partial charge in [0.15, 0.2) is 0 Å². The lowest BCUT2D eigenvalue weighted by molar-refractivity contribution is 0.181. The van der Waals surface area contributed by atoms with Gasteiger partial charge in [-0.05, 0) is 18.4 Å². The second-order valence-electron chi connectivity index (χ2n) is 5.44. The molecule has 1 N–H and O–H groups in total. The van der Waals surface area contributed by atoms with Gasteiger partial charge in [-0.1, -0.05) is 30.3 Å². The van der Waals surface area contributed by atoms with Crippen molar-refractivity contribution in [1.29, 1.82) is 0 Å². The van der Waals surface area contributed by atoms with Gasteiger partial charge >= 0.3 is 0 Å². The van der Waals surface area contributed by atoms with Gasteiger partial charge in [-0.25, -0.2) is 4.98 Å². The van der Waals surface area contributed by atoms with Crippen molar-refractivity contribution in [3.63, 3.8) is 0 Å². The van der Waals surface area contributed by atoms with Gasteiger partial charge in [-0.2, -0.15) is 0 Å². The molecule has 0 unspecified atom stereocenters. The number of rotatable bonds is 7. The van der Waals surface area contributed by atoms with E-state index >= 15 is 0 Å². The number of benzene rings is 1. The van der Waals surface area contributed by atoms with Gasteiger partial charge < -0.3 is 9.67 Å². The summed E-state index contributed by atoms with van der Waals surface area (Å²) in [6, 6.07) is 11.1. The third-order valence-corrected chi connectivity index (χ3v) is 3.74. The van der Waals surface area contributed by atoms with Crippen molar-refractivity contribution in [1.82, 2.24) is 14.5 Å². The summed E-state index contributed by atoms with van der Waals surface area (Å²) < 4.78 is 2.29. The highest BCUT2D eigenvalue weighted by Gasteiger charge is 2.25. The van der Waals surface area contributed by atoms with E-state index in [4.69, 9.17) is 0 Å². The zero-order valence-corrected chi connectivity index (χ0v) is 11.7. The monoisotopic (exact) mass is 271 g/mol. The summed E-state index contributed by atoms with van der Waals surface area (Å²) in [5.41, 5.74) is 2.52. The van der Waals surface area contributed by atoms with Crippen molar-refractivity contribution in [2.45, 2.75) is 32.0 Å².